The Balaban J connectivity index is 1.22. The Morgan fingerprint density at radius 1 is 1.00 bits per heavy atom. The minimum atomic E-state index is -0.918. The van der Waals surface area contributed by atoms with E-state index in [0.717, 1.165) is 57.5 Å². The zero-order valence-corrected chi connectivity index (χ0v) is 30.8. The quantitative estimate of drug-likeness (QED) is 0.238. The number of amides is 2. The maximum atomic E-state index is 14.2. The Morgan fingerprint density at radius 3 is 2.40 bits per heavy atom. The van der Waals surface area contributed by atoms with Crippen LogP contribution in [0, 0.1) is 5.92 Å². The number of fused-ring (bicyclic) bond motifs is 1. The van der Waals surface area contributed by atoms with Crippen LogP contribution in [0.5, 0.6) is 0 Å². The van der Waals surface area contributed by atoms with E-state index in [0.29, 0.717) is 42.9 Å². The van der Waals surface area contributed by atoms with Crippen LogP contribution in [0.15, 0.2) is 48.5 Å². The van der Waals surface area contributed by atoms with Crippen molar-refractivity contribution in [1.29, 1.82) is 0 Å². The number of rotatable bonds is 15. The van der Waals surface area contributed by atoms with Gasteiger partial charge < -0.3 is 10.2 Å². The van der Waals surface area contributed by atoms with Gasteiger partial charge in [-0.3, -0.25) is 19.4 Å². The Labute approximate surface area is 296 Å². The number of unbranched alkanes of at least 4 members (excludes halogenated alkanes) is 1. The third-order valence-corrected chi connectivity index (χ3v) is 12.3. The number of hydrogen-bond acceptors (Lipinski definition) is 5. The molecule has 3 aliphatic rings. The predicted octanol–water partition coefficient (Wildman–Crippen LogP) is 5.82. The summed E-state index contributed by atoms with van der Waals surface area (Å²) in [5.74, 6) is 0.611. The molecular weight excluding hydrogens is 642 g/mol. The summed E-state index contributed by atoms with van der Waals surface area (Å²) in [7, 11) is 1.14. The smallest absolute Gasteiger partial charge is 0.245 e. The normalized spacial score (nSPS) is 21.2. The van der Waals surface area contributed by atoms with Gasteiger partial charge in [-0.05, 0) is 67.5 Å². The van der Waals surface area contributed by atoms with Crippen molar-refractivity contribution in [3.63, 3.8) is 0 Å². The van der Waals surface area contributed by atoms with Crippen molar-refractivity contribution in [2.75, 3.05) is 52.6 Å². The van der Waals surface area contributed by atoms with Crippen molar-refractivity contribution < 1.29 is 13.8 Å². The molecule has 1 aliphatic carbocycles. The fraction of sp³-hybridized carbons (Fsp3) is 0.632. The number of halogens is 1. The van der Waals surface area contributed by atoms with Crippen molar-refractivity contribution in [2.45, 2.75) is 95.8 Å². The molecule has 2 amide bonds. The number of benzene rings is 2. The van der Waals surface area contributed by atoms with E-state index in [9.17, 15) is 13.8 Å². The molecule has 8 nitrogen and oxygen atoms in total. The number of nitrogens with zero attached hydrogens (tertiary/aromatic N) is 4. The summed E-state index contributed by atoms with van der Waals surface area (Å²) >= 11 is 6.17. The Bertz CT molecular complexity index is 1360. The standard InChI is InChI=1S/C38H56ClN5O3S/c1-4-44(48(3)47)21-11-10-16-35(30-12-6-5-7-13-30)42-22-24-43(25-23-42)38(46)34(26-29-17-19-32(39)20-18-29)40-37(45)27-36-33-15-9-8-14-31(33)28-41(36)2/h8-9,14-15,17-20,30,34-36H,4-7,10-13,16,21-28H2,1-3H3,(H,40,45). The lowest BCUT2D eigenvalue weighted by atomic mass is 9.81. The van der Waals surface area contributed by atoms with Gasteiger partial charge in [0.25, 0.3) is 0 Å². The van der Waals surface area contributed by atoms with Crippen molar-refractivity contribution in [3.05, 3.63) is 70.2 Å². The first-order valence-corrected chi connectivity index (χ1v) is 20.1. The summed E-state index contributed by atoms with van der Waals surface area (Å²) in [6.07, 6.45) is 12.4. The molecule has 0 aromatic heterocycles. The van der Waals surface area contributed by atoms with Crippen LogP contribution in [0.2, 0.25) is 5.02 Å². The van der Waals surface area contributed by atoms with Gasteiger partial charge in [0.1, 0.15) is 6.04 Å². The maximum Gasteiger partial charge on any atom is 0.245 e. The molecule has 2 aromatic carbocycles. The zero-order chi connectivity index (χ0) is 34.0. The van der Waals surface area contributed by atoms with Gasteiger partial charge in [0, 0.05) is 82.0 Å². The molecule has 2 aliphatic heterocycles. The highest BCUT2D eigenvalue weighted by Crippen LogP contribution is 2.35. The minimum Gasteiger partial charge on any atom is -0.344 e. The van der Waals surface area contributed by atoms with Crippen molar-refractivity contribution in [3.8, 4) is 0 Å². The van der Waals surface area contributed by atoms with Gasteiger partial charge in [0.05, 0.1) is 11.0 Å². The van der Waals surface area contributed by atoms with Crippen LogP contribution in [-0.4, -0.2) is 99.7 Å². The number of carbonyl (C=O) groups is 2. The molecule has 4 atom stereocenters. The van der Waals surface area contributed by atoms with Crippen LogP contribution in [0.1, 0.15) is 87.4 Å². The van der Waals surface area contributed by atoms with Crippen LogP contribution in [0.25, 0.3) is 0 Å². The van der Waals surface area contributed by atoms with Crippen molar-refractivity contribution >= 4 is 34.4 Å². The molecule has 264 valence electrons. The summed E-state index contributed by atoms with van der Waals surface area (Å²) in [5.41, 5.74) is 3.43. The lowest BCUT2D eigenvalue weighted by Crippen LogP contribution is -2.58. The van der Waals surface area contributed by atoms with Gasteiger partial charge in [-0.25, -0.2) is 8.51 Å². The number of nitrogens with one attached hydrogen (secondary N) is 1. The first kappa shape index (κ1) is 37.0. The summed E-state index contributed by atoms with van der Waals surface area (Å²) in [4.78, 5) is 34.6. The predicted molar refractivity (Wildman–Crippen MR) is 196 cm³/mol. The largest absolute Gasteiger partial charge is 0.344 e. The lowest BCUT2D eigenvalue weighted by Gasteiger charge is -2.44. The first-order valence-electron chi connectivity index (χ1n) is 18.2. The summed E-state index contributed by atoms with van der Waals surface area (Å²) in [6.45, 7) is 7.66. The molecule has 1 saturated heterocycles. The van der Waals surface area contributed by atoms with E-state index >= 15 is 0 Å². The third-order valence-electron chi connectivity index (χ3n) is 10.9. The van der Waals surface area contributed by atoms with E-state index < -0.39 is 17.0 Å². The molecule has 48 heavy (non-hydrogen) atoms. The van der Waals surface area contributed by atoms with Crippen LogP contribution >= 0.6 is 11.6 Å². The molecule has 2 aromatic rings. The zero-order valence-electron chi connectivity index (χ0n) is 29.2. The number of piperazine rings is 1. The monoisotopic (exact) mass is 697 g/mol. The van der Waals surface area contributed by atoms with Gasteiger partial charge in [0.15, 0.2) is 0 Å². The van der Waals surface area contributed by atoms with Gasteiger partial charge >= 0.3 is 0 Å². The molecule has 2 fully saturated rings. The van der Waals surface area contributed by atoms with E-state index in [-0.39, 0.29) is 17.9 Å². The SMILES string of the molecule is CCN(CCCCC(C1CCCCC1)N1CCN(C(=O)C(Cc2ccc(Cl)cc2)NC(=O)CC2c3ccccc3CN2C)CC1)S(C)=O. The summed E-state index contributed by atoms with van der Waals surface area (Å²) < 4.78 is 14.1. The Kier molecular flexibility index (Phi) is 13.9. The fourth-order valence-corrected chi connectivity index (χ4v) is 9.09. The topological polar surface area (TPSA) is 76.2 Å². The van der Waals surface area contributed by atoms with Crippen LogP contribution in [0.3, 0.4) is 0 Å². The average molecular weight is 698 g/mol. The molecule has 2 heterocycles. The van der Waals surface area contributed by atoms with Crippen molar-refractivity contribution in [2.24, 2.45) is 5.92 Å². The molecule has 0 spiro atoms. The highest BCUT2D eigenvalue weighted by molar-refractivity contribution is 7.81. The highest BCUT2D eigenvalue weighted by Gasteiger charge is 2.35. The van der Waals surface area contributed by atoms with Crippen LogP contribution < -0.4 is 5.32 Å². The second-order valence-electron chi connectivity index (χ2n) is 14.1. The average Bonchev–Trinajstić information content (AvgIpc) is 3.41. The molecule has 10 heteroatoms. The van der Waals surface area contributed by atoms with Gasteiger partial charge in [-0.2, -0.15) is 0 Å². The van der Waals surface area contributed by atoms with Crippen LogP contribution in [-0.2, 0) is 33.5 Å². The van der Waals surface area contributed by atoms with E-state index in [1.54, 1.807) is 6.26 Å². The van der Waals surface area contributed by atoms with E-state index in [2.05, 4.69) is 41.2 Å². The van der Waals surface area contributed by atoms with Gasteiger partial charge in [-0.15, -0.1) is 0 Å². The fourth-order valence-electron chi connectivity index (χ4n) is 8.21. The van der Waals surface area contributed by atoms with Crippen molar-refractivity contribution in [1.82, 2.24) is 24.3 Å². The van der Waals surface area contributed by atoms with Gasteiger partial charge in [0.2, 0.25) is 11.8 Å². The van der Waals surface area contributed by atoms with E-state index in [4.69, 9.17) is 11.6 Å². The number of carbonyl (C=O) groups excluding carboxylic acids is 2. The first-order chi connectivity index (χ1) is 23.2. The molecule has 0 bridgehead atoms. The van der Waals surface area contributed by atoms with Gasteiger partial charge in [-0.1, -0.05) is 80.6 Å². The van der Waals surface area contributed by atoms with E-state index in [1.165, 1.54) is 43.2 Å². The Hall–Kier alpha value is -2.30. The highest BCUT2D eigenvalue weighted by atomic mass is 35.5. The molecule has 1 N–H and O–H groups in total. The summed E-state index contributed by atoms with van der Waals surface area (Å²) in [6, 6.07) is 15.8. The maximum absolute atomic E-state index is 14.2. The molecular formula is C38H56ClN5O3S. The van der Waals surface area contributed by atoms with Crippen LogP contribution in [0.4, 0.5) is 0 Å². The molecule has 5 rings (SSSR count). The lowest BCUT2D eigenvalue weighted by molar-refractivity contribution is -0.138. The number of hydrogen-bond donors (Lipinski definition) is 1. The second kappa shape index (κ2) is 18.1. The Morgan fingerprint density at radius 2 is 1.71 bits per heavy atom. The molecule has 0 radical (unpaired) electrons. The third kappa shape index (κ3) is 9.90. The molecule has 4 unspecified atom stereocenters. The summed E-state index contributed by atoms with van der Waals surface area (Å²) in [5, 5.41) is 3.82. The molecule has 1 saturated carbocycles. The van der Waals surface area contributed by atoms with E-state index in [1.807, 2.05) is 45.6 Å². The second-order valence-corrected chi connectivity index (χ2v) is 15.9. The minimum absolute atomic E-state index is 0.000402.